The normalized spacial score (nSPS) is 23.9. The number of ether oxygens (including phenoxy) is 1. The number of aromatic nitrogens is 1. The molecule has 2 fully saturated rings. The van der Waals surface area contributed by atoms with Gasteiger partial charge in [0.1, 0.15) is 9.71 Å². The van der Waals surface area contributed by atoms with E-state index in [2.05, 4.69) is 21.7 Å². The molecule has 0 aliphatic carbocycles. The lowest BCUT2D eigenvalue weighted by atomic mass is 10.1. The van der Waals surface area contributed by atoms with Gasteiger partial charge in [-0.2, -0.15) is 0 Å². The third-order valence-corrected chi connectivity index (χ3v) is 6.54. The van der Waals surface area contributed by atoms with Crippen LogP contribution in [0.25, 0.3) is 9.53 Å². The lowest BCUT2D eigenvalue weighted by Crippen LogP contribution is -2.60. The van der Waals surface area contributed by atoms with Gasteiger partial charge in [0.25, 0.3) is 0 Å². The number of carboxylic acid groups (broad SMARTS) is 1. The Morgan fingerprint density at radius 3 is 2.82 bits per heavy atom. The van der Waals surface area contributed by atoms with Crippen LogP contribution in [0, 0.1) is 0 Å². The predicted octanol–water partition coefficient (Wildman–Crippen LogP) is 1.97. The summed E-state index contributed by atoms with van der Waals surface area (Å²) in [6, 6.07) is 2.80. The molecular formula is C14H17N3O3S2. The maximum Gasteiger partial charge on any atom is 0.345 e. The van der Waals surface area contributed by atoms with Gasteiger partial charge in [0.15, 0.2) is 5.13 Å². The Morgan fingerprint density at radius 1 is 1.41 bits per heavy atom. The fraction of sp³-hybridized carbons (Fsp3) is 0.571. The maximum absolute atomic E-state index is 11.0. The predicted molar refractivity (Wildman–Crippen MR) is 87.4 cm³/mol. The van der Waals surface area contributed by atoms with E-state index in [-0.39, 0.29) is 0 Å². The second-order valence-electron chi connectivity index (χ2n) is 5.81. The zero-order chi connectivity index (χ0) is 15.3. The van der Waals surface area contributed by atoms with Crippen molar-refractivity contribution in [2.45, 2.75) is 19.0 Å². The quantitative estimate of drug-likeness (QED) is 0.922. The SMILES string of the molecule is C[C@@H]1CN(c2nc3sc(C(=O)O)cc3s2)CCN1C1COC1. The van der Waals surface area contributed by atoms with Crippen LogP contribution in [-0.4, -0.2) is 65.9 Å². The molecule has 0 aromatic carbocycles. The van der Waals surface area contributed by atoms with Gasteiger partial charge in [-0.15, -0.1) is 11.3 Å². The van der Waals surface area contributed by atoms with Crippen molar-refractivity contribution in [1.82, 2.24) is 9.88 Å². The van der Waals surface area contributed by atoms with E-state index in [1.807, 2.05) is 0 Å². The Labute approximate surface area is 135 Å². The highest BCUT2D eigenvalue weighted by atomic mass is 32.1. The molecule has 2 aromatic rings. The number of fused-ring (bicyclic) bond motifs is 1. The number of nitrogens with zero attached hydrogens (tertiary/aromatic N) is 3. The van der Waals surface area contributed by atoms with Crippen LogP contribution in [0.2, 0.25) is 0 Å². The molecule has 2 saturated heterocycles. The Morgan fingerprint density at radius 2 is 2.23 bits per heavy atom. The summed E-state index contributed by atoms with van der Waals surface area (Å²) in [7, 11) is 0. The van der Waals surface area contributed by atoms with Crippen LogP contribution in [-0.2, 0) is 4.74 Å². The highest BCUT2D eigenvalue weighted by Crippen LogP contribution is 2.35. The molecule has 8 heteroatoms. The zero-order valence-corrected chi connectivity index (χ0v) is 13.8. The van der Waals surface area contributed by atoms with Crippen LogP contribution >= 0.6 is 22.7 Å². The number of piperazine rings is 1. The molecule has 0 amide bonds. The first-order valence-electron chi connectivity index (χ1n) is 7.34. The molecule has 6 nitrogen and oxygen atoms in total. The van der Waals surface area contributed by atoms with Gasteiger partial charge >= 0.3 is 5.97 Å². The number of hydrogen-bond donors (Lipinski definition) is 1. The Bertz CT molecular complexity index is 678. The molecule has 1 N–H and O–H groups in total. The summed E-state index contributed by atoms with van der Waals surface area (Å²) in [6.07, 6.45) is 0. The Hall–Kier alpha value is -1.22. The number of thiazole rings is 1. The molecule has 0 spiro atoms. The summed E-state index contributed by atoms with van der Waals surface area (Å²) in [6.45, 7) is 6.92. The third-order valence-electron chi connectivity index (χ3n) is 4.33. The summed E-state index contributed by atoms with van der Waals surface area (Å²) < 4.78 is 6.27. The molecule has 2 aliphatic rings. The van der Waals surface area contributed by atoms with E-state index in [0.717, 1.165) is 47.5 Å². The van der Waals surface area contributed by atoms with Gasteiger partial charge in [-0.05, 0) is 13.0 Å². The van der Waals surface area contributed by atoms with Gasteiger partial charge in [-0.25, -0.2) is 9.78 Å². The summed E-state index contributed by atoms with van der Waals surface area (Å²) in [4.78, 5) is 21.7. The van der Waals surface area contributed by atoms with E-state index in [0.29, 0.717) is 17.0 Å². The molecular weight excluding hydrogens is 322 g/mol. The minimum absolute atomic E-state index is 0.364. The molecule has 0 radical (unpaired) electrons. The average Bonchev–Trinajstić information content (AvgIpc) is 2.97. The number of anilines is 1. The van der Waals surface area contributed by atoms with E-state index in [1.165, 1.54) is 11.3 Å². The lowest BCUT2D eigenvalue weighted by molar-refractivity contribution is -0.0792. The minimum atomic E-state index is -0.873. The van der Waals surface area contributed by atoms with E-state index in [9.17, 15) is 4.79 Å². The standard InChI is InChI=1S/C14H17N3O3S2/c1-8-5-16(2-3-17(8)9-6-20-7-9)14-15-12-10(22-14)4-11(21-12)13(18)19/h4,8-9H,2-3,5-7H2,1H3,(H,18,19)/t8-/m1/s1. The smallest absolute Gasteiger partial charge is 0.345 e. The molecule has 1 atom stereocenters. The fourth-order valence-electron chi connectivity index (χ4n) is 3.07. The number of thiophene rings is 1. The Balaban J connectivity index is 1.50. The topological polar surface area (TPSA) is 65.9 Å². The minimum Gasteiger partial charge on any atom is -0.477 e. The summed E-state index contributed by atoms with van der Waals surface area (Å²) in [5.74, 6) is -0.873. The molecule has 0 bridgehead atoms. The lowest BCUT2D eigenvalue weighted by Gasteiger charge is -2.46. The van der Waals surface area contributed by atoms with Gasteiger partial charge in [-0.1, -0.05) is 11.3 Å². The largest absolute Gasteiger partial charge is 0.477 e. The van der Waals surface area contributed by atoms with Crippen LogP contribution in [0.15, 0.2) is 6.07 Å². The van der Waals surface area contributed by atoms with Crippen LogP contribution in [0.4, 0.5) is 5.13 Å². The summed E-state index contributed by atoms with van der Waals surface area (Å²) in [5.41, 5.74) is 0. The maximum atomic E-state index is 11.0. The first-order valence-corrected chi connectivity index (χ1v) is 8.97. The van der Waals surface area contributed by atoms with Crippen molar-refractivity contribution in [3.05, 3.63) is 10.9 Å². The van der Waals surface area contributed by atoms with Gasteiger partial charge < -0.3 is 14.7 Å². The highest BCUT2D eigenvalue weighted by molar-refractivity contribution is 7.29. The van der Waals surface area contributed by atoms with Crippen molar-refractivity contribution in [3.63, 3.8) is 0 Å². The molecule has 0 unspecified atom stereocenters. The van der Waals surface area contributed by atoms with Crippen molar-refractivity contribution in [3.8, 4) is 0 Å². The number of carboxylic acids is 1. The number of rotatable bonds is 3. The molecule has 118 valence electrons. The number of carbonyl (C=O) groups is 1. The average molecular weight is 339 g/mol. The van der Waals surface area contributed by atoms with Crippen LogP contribution in [0.1, 0.15) is 16.6 Å². The first kappa shape index (κ1) is 14.4. The van der Waals surface area contributed by atoms with Crippen molar-refractivity contribution < 1.29 is 14.6 Å². The Kier molecular flexibility index (Phi) is 3.56. The van der Waals surface area contributed by atoms with Gasteiger partial charge in [0, 0.05) is 25.7 Å². The van der Waals surface area contributed by atoms with E-state index < -0.39 is 5.97 Å². The zero-order valence-electron chi connectivity index (χ0n) is 12.2. The van der Waals surface area contributed by atoms with E-state index in [4.69, 9.17) is 9.84 Å². The molecule has 2 aromatic heterocycles. The second kappa shape index (κ2) is 5.45. The van der Waals surface area contributed by atoms with Crippen LogP contribution in [0.3, 0.4) is 0 Å². The van der Waals surface area contributed by atoms with Crippen molar-refractivity contribution >= 4 is 43.3 Å². The number of hydrogen-bond acceptors (Lipinski definition) is 7. The molecule has 22 heavy (non-hydrogen) atoms. The first-order chi connectivity index (χ1) is 10.6. The highest BCUT2D eigenvalue weighted by Gasteiger charge is 2.34. The monoisotopic (exact) mass is 339 g/mol. The second-order valence-corrected chi connectivity index (χ2v) is 7.85. The molecule has 4 heterocycles. The van der Waals surface area contributed by atoms with Crippen molar-refractivity contribution in [2.75, 3.05) is 37.7 Å². The van der Waals surface area contributed by atoms with Gasteiger partial charge in [0.05, 0.1) is 24.0 Å². The fourth-order valence-corrected chi connectivity index (χ4v) is 5.15. The van der Waals surface area contributed by atoms with E-state index in [1.54, 1.807) is 17.4 Å². The van der Waals surface area contributed by atoms with Crippen LogP contribution in [0.5, 0.6) is 0 Å². The van der Waals surface area contributed by atoms with E-state index >= 15 is 0 Å². The van der Waals surface area contributed by atoms with Crippen LogP contribution < -0.4 is 4.90 Å². The van der Waals surface area contributed by atoms with Gasteiger partial charge in [-0.3, -0.25) is 4.90 Å². The molecule has 2 aliphatic heterocycles. The van der Waals surface area contributed by atoms with Crippen molar-refractivity contribution in [1.29, 1.82) is 0 Å². The molecule has 0 saturated carbocycles. The molecule has 4 rings (SSSR count). The summed E-state index contributed by atoms with van der Waals surface area (Å²) >= 11 is 2.85. The number of aromatic carboxylic acids is 1. The van der Waals surface area contributed by atoms with Crippen molar-refractivity contribution in [2.24, 2.45) is 0 Å². The van der Waals surface area contributed by atoms with Gasteiger partial charge in [0.2, 0.25) is 0 Å². The third kappa shape index (κ3) is 2.40. The summed E-state index contributed by atoms with van der Waals surface area (Å²) in [5, 5.41) is 10.0.